The highest BCUT2D eigenvalue weighted by molar-refractivity contribution is 5.48. The van der Waals surface area contributed by atoms with Crippen molar-refractivity contribution in [3.63, 3.8) is 0 Å². The zero-order valence-corrected chi connectivity index (χ0v) is 6.96. The first kappa shape index (κ1) is 7.97. The average Bonchev–Trinajstić information content (AvgIpc) is 2.12. The molecule has 68 valence electrons. The predicted molar refractivity (Wildman–Crippen MR) is 44.1 cm³/mol. The molecule has 0 aromatic carbocycles. The van der Waals surface area contributed by atoms with Crippen LogP contribution in [0.4, 0.5) is 0 Å². The topological polar surface area (TPSA) is 55.3 Å². The van der Waals surface area contributed by atoms with Crippen LogP contribution in [0, 0.1) is 0 Å². The molecule has 0 aliphatic carbocycles. The number of likely N-dealkylation sites (tertiary alicyclic amines) is 1. The van der Waals surface area contributed by atoms with Crippen molar-refractivity contribution < 1.29 is 9.53 Å². The minimum Gasteiger partial charge on any atom is -0.469 e. The fourth-order valence-corrected chi connectivity index (χ4v) is 1.15. The number of hydrogen-bond donors (Lipinski definition) is 0. The molecule has 0 spiro atoms. The Balaban J connectivity index is 1.84. The van der Waals surface area contributed by atoms with Gasteiger partial charge in [-0.1, -0.05) is 0 Å². The number of carbonyl (C=O) groups is 1. The van der Waals surface area contributed by atoms with Crippen molar-refractivity contribution in [3.8, 4) is 5.88 Å². The number of carbonyl (C=O) groups excluding carboxylic acids is 1. The lowest BCUT2D eigenvalue weighted by atomic mass is 10.2. The van der Waals surface area contributed by atoms with E-state index in [2.05, 4.69) is 9.97 Å². The molecule has 0 saturated carbocycles. The monoisotopic (exact) mass is 179 g/mol. The van der Waals surface area contributed by atoms with E-state index in [1.165, 1.54) is 0 Å². The first-order valence-electron chi connectivity index (χ1n) is 4.00. The Kier molecular flexibility index (Phi) is 2.08. The highest BCUT2D eigenvalue weighted by atomic mass is 16.5. The Morgan fingerprint density at radius 3 is 3.00 bits per heavy atom. The molecule has 5 heteroatoms. The average molecular weight is 179 g/mol. The molecule has 0 unspecified atom stereocenters. The fraction of sp³-hybridized carbons (Fsp3) is 0.375. The summed E-state index contributed by atoms with van der Waals surface area (Å²) in [6, 6.07) is 0. The van der Waals surface area contributed by atoms with E-state index in [1.54, 1.807) is 23.5 Å². The van der Waals surface area contributed by atoms with Gasteiger partial charge in [-0.05, 0) is 0 Å². The van der Waals surface area contributed by atoms with E-state index in [0.29, 0.717) is 19.0 Å². The second kappa shape index (κ2) is 3.38. The van der Waals surface area contributed by atoms with Crippen molar-refractivity contribution in [2.75, 3.05) is 13.1 Å². The molecule has 1 aliphatic heterocycles. The highest BCUT2D eigenvalue weighted by Crippen LogP contribution is 2.12. The Morgan fingerprint density at radius 2 is 2.38 bits per heavy atom. The molecule has 0 atom stereocenters. The molecule has 5 nitrogen and oxygen atoms in total. The first-order valence-corrected chi connectivity index (χ1v) is 4.00. The summed E-state index contributed by atoms with van der Waals surface area (Å²) in [5.74, 6) is 0.512. The number of rotatable bonds is 3. The van der Waals surface area contributed by atoms with Gasteiger partial charge < -0.3 is 9.64 Å². The van der Waals surface area contributed by atoms with Gasteiger partial charge in [0.15, 0.2) is 0 Å². The summed E-state index contributed by atoms with van der Waals surface area (Å²) in [6.45, 7) is 1.28. The standard InChI is InChI=1S/C8H9N3O2/c12-6-11-4-7(5-11)13-8-3-9-1-2-10-8/h1-3,6-7H,4-5H2. The summed E-state index contributed by atoms with van der Waals surface area (Å²) in [6.07, 6.45) is 5.61. The summed E-state index contributed by atoms with van der Waals surface area (Å²) in [4.78, 5) is 19.7. The summed E-state index contributed by atoms with van der Waals surface area (Å²) in [5, 5.41) is 0. The van der Waals surface area contributed by atoms with Crippen molar-refractivity contribution in [2.45, 2.75) is 6.10 Å². The van der Waals surface area contributed by atoms with E-state index in [4.69, 9.17) is 4.74 Å². The predicted octanol–water partition coefficient (Wildman–Crippen LogP) is -0.304. The Morgan fingerprint density at radius 1 is 1.54 bits per heavy atom. The molecule has 1 aromatic heterocycles. The van der Waals surface area contributed by atoms with Gasteiger partial charge in [-0.25, -0.2) is 4.98 Å². The Bertz CT molecular complexity index is 285. The van der Waals surface area contributed by atoms with Gasteiger partial charge in [0.25, 0.3) is 0 Å². The second-order valence-electron chi connectivity index (χ2n) is 2.84. The zero-order chi connectivity index (χ0) is 9.10. The van der Waals surface area contributed by atoms with Gasteiger partial charge in [-0.2, -0.15) is 0 Å². The van der Waals surface area contributed by atoms with Crippen LogP contribution in [0.3, 0.4) is 0 Å². The van der Waals surface area contributed by atoms with E-state index in [1.807, 2.05) is 0 Å². The lowest BCUT2D eigenvalue weighted by molar-refractivity contribution is -0.126. The largest absolute Gasteiger partial charge is 0.469 e. The molecule has 2 heterocycles. The number of ether oxygens (including phenoxy) is 1. The van der Waals surface area contributed by atoms with Crippen LogP contribution in [-0.4, -0.2) is 40.5 Å². The van der Waals surface area contributed by atoms with Crippen LogP contribution in [0.5, 0.6) is 5.88 Å². The molecule has 0 bridgehead atoms. The van der Waals surface area contributed by atoms with Crippen LogP contribution < -0.4 is 4.74 Å². The lowest BCUT2D eigenvalue weighted by Gasteiger charge is -2.35. The summed E-state index contributed by atoms with van der Waals surface area (Å²) in [5.41, 5.74) is 0. The third-order valence-electron chi connectivity index (χ3n) is 1.85. The maximum absolute atomic E-state index is 10.2. The van der Waals surface area contributed by atoms with E-state index in [0.717, 1.165) is 6.41 Å². The lowest BCUT2D eigenvalue weighted by Crippen LogP contribution is -2.52. The van der Waals surface area contributed by atoms with Crippen LogP contribution in [0.15, 0.2) is 18.6 Å². The van der Waals surface area contributed by atoms with Gasteiger partial charge in [0, 0.05) is 12.4 Å². The maximum atomic E-state index is 10.2. The fourth-order valence-electron chi connectivity index (χ4n) is 1.15. The van der Waals surface area contributed by atoms with Crippen molar-refractivity contribution in [2.24, 2.45) is 0 Å². The molecular weight excluding hydrogens is 170 g/mol. The van der Waals surface area contributed by atoms with Crippen molar-refractivity contribution in [3.05, 3.63) is 18.6 Å². The summed E-state index contributed by atoms with van der Waals surface area (Å²) < 4.78 is 5.41. The van der Waals surface area contributed by atoms with Crippen LogP contribution >= 0.6 is 0 Å². The van der Waals surface area contributed by atoms with Crippen molar-refractivity contribution >= 4 is 6.41 Å². The van der Waals surface area contributed by atoms with E-state index < -0.39 is 0 Å². The number of hydrogen-bond acceptors (Lipinski definition) is 4. The molecule has 1 fully saturated rings. The summed E-state index contributed by atoms with van der Waals surface area (Å²) >= 11 is 0. The van der Waals surface area contributed by atoms with Gasteiger partial charge in [-0.15, -0.1) is 0 Å². The molecular formula is C8H9N3O2. The van der Waals surface area contributed by atoms with Gasteiger partial charge >= 0.3 is 0 Å². The normalized spacial score (nSPS) is 16.5. The zero-order valence-electron chi connectivity index (χ0n) is 6.96. The molecule has 1 amide bonds. The molecule has 2 rings (SSSR count). The van der Waals surface area contributed by atoms with Crippen LogP contribution in [0.1, 0.15) is 0 Å². The van der Waals surface area contributed by atoms with E-state index in [9.17, 15) is 4.79 Å². The van der Waals surface area contributed by atoms with Crippen LogP contribution in [0.2, 0.25) is 0 Å². The highest BCUT2D eigenvalue weighted by Gasteiger charge is 2.27. The number of nitrogens with zero attached hydrogens (tertiary/aromatic N) is 3. The third kappa shape index (κ3) is 1.74. The minimum atomic E-state index is 0.0712. The molecule has 0 radical (unpaired) electrons. The number of aromatic nitrogens is 2. The molecule has 1 aromatic rings. The van der Waals surface area contributed by atoms with Crippen LogP contribution in [0.25, 0.3) is 0 Å². The Labute approximate surface area is 75.4 Å². The van der Waals surface area contributed by atoms with E-state index in [-0.39, 0.29) is 6.10 Å². The second-order valence-corrected chi connectivity index (χ2v) is 2.84. The first-order chi connectivity index (χ1) is 6.38. The van der Waals surface area contributed by atoms with Gasteiger partial charge in [0.05, 0.1) is 19.3 Å². The van der Waals surface area contributed by atoms with Crippen molar-refractivity contribution in [1.29, 1.82) is 0 Å². The van der Waals surface area contributed by atoms with Crippen LogP contribution in [-0.2, 0) is 4.79 Å². The molecule has 13 heavy (non-hydrogen) atoms. The molecule has 1 saturated heterocycles. The van der Waals surface area contributed by atoms with E-state index >= 15 is 0 Å². The smallest absolute Gasteiger partial charge is 0.232 e. The summed E-state index contributed by atoms with van der Waals surface area (Å²) in [7, 11) is 0. The van der Waals surface area contributed by atoms with Gasteiger partial charge in [-0.3, -0.25) is 9.78 Å². The SMILES string of the molecule is O=CN1CC(Oc2cnccn2)C1. The number of amides is 1. The van der Waals surface area contributed by atoms with Gasteiger partial charge in [0.2, 0.25) is 12.3 Å². The third-order valence-corrected chi connectivity index (χ3v) is 1.85. The Hall–Kier alpha value is -1.65. The molecule has 1 aliphatic rings. The van der Waals surface area contributed by atoms with Crippen molar-refractivity contribution in [1.82, 2.24) is 14.9 Å². The molecule has 0 N–H and O–H groups in total. The quantitative estimate of drug-likeness (QED) is 0.597. The minimum absolute atomic E-state index is 0.0712. The van der Waals surface area contributed by atoms with Gasteiger partial charge in [0.1, 0.15) is 6.10 Å². The maximum Gasteiger partial charge on any atom is 0.232 e.